The molecule has 5 nitrogen and oxygen atoms in total. The fourth-order valence-electron chi connectivity index (χ4n) is 2.40. The molecular weight excluding hydrogens is 312 g/mol. The van der Waals surface area contributed by atoms with Gasteiger partial charge in [0.2, 0.25) is 5.95 Å². The number of rotatable bonds is 5. The van der Waals surface area contributed by atoms with Crippen LogP contribution in [0.1, 0.15) is 27.2 Å². The second kappa shape index (κ2) is 7.57. The molecule has 2 N–H and O–H groups in total. The average molecular weight is 332 g/mol. The first kappa shape index (κ1) is 16.6. The molecule has 3 rings (SSSR count). The molecule has 0 atom stereocenters. The van der Waals surface area contributed by atoms with E-state index >= 15 is 0 Å². The van der Waals surface area contributed by atoms with Gasteiger partial charge in [0, 0.05) is 18.4 Å². The van der Waals surface area contributed by atoms with Gasteiger partial charge in [-0.2, -0.15) is 0 Å². The maximum atomic E-state index is 12.5. The zero-order valence-corrected chi connectivity index (χ0v) is 14.3. The number of aromatic nitrogens is 2. The van der Waals surface area contributed by atoms with Gasteiger partial charge in [0.15, 0.2) is 0 Å². The van der Waals surface area contributed by atoms with Gasteiger partial charge in [0.05, 0.1) is 0 Å². The van der Waals surface area contributed by atoms with Crippen molar-refractivity contribution in [3.8, 4) is 0 Å². The lowest BCUT2D eigenvalue weighted by atomic mass is 10.1. The maximum absolute atomic E-state index is 12.5. The van der Waals surface area contributed by atoms with Crippen LogP contribution in [-0.4, -0.2) is 15.9 Å². The minimum absolute atomic E-state index is 0.251. The van der Waals surface area contributed by atoms with Crippen molar-refractivity contribution in [2.24, 2.45) is 0 Å². The Balaban J connectivity index is 1.70. The summed E-state index contributed by atoms with van der Waals surface area (Å²) in [6.07, 6.45) is 1.58. The van der Waals surface area contributed by atoms with Crippen LogP contribution < -0.4 is 10.6 Å². The predicted molar refractivity (Wildman–Crippen MR) is 99.7 cm³/mol. The zero-order valence-electron chi connectivity index (χ0n) is 14.3. The first-order valence-corrected chi connectivity index (χ1v) is 8.11. The molecule has 2 aromatic carbocycles. The third-order valence-corrected chi connectivity index (χ3v) is 3.82. The number of benzene rings is 2. The minimum Gasteiger partial charge on any atom is -0.350 e. The molecule has 0 bridgehead atoms. The number of carbonyl (C=O) groups excluding carboxylic acids is 1. The fraction of sp³-hybridized carbons (Fsp3) is 0.150. The Morgan fingerprint density at radius 1 is 1.04 bits per heavy atom. The summed E-state index contributed by atoms with van der Waals surface area (Å²) in [6.45, 7) is 4.55. The molecule has 1 amide bonds. The Kier molecular flexibility index (Phi) is 5.04. The molecule has 0 radical (unpaired) electrons. The van der Waals surface area contributed by atoms with Gasteiger partial charge < -0.3 is 10.6 Å². The van der Waals surface area contributed by atoms with Crippen LogP contribution in [0.5, 0.6) is 0 Å². The number of carbonyl (C=O) groups is 1. The summed E-state index contributed by atoms with van der Waals surface area (Å²) in [5, 5.41) is 6.05. The van der Waals surface area contributed by atoms with E-state index in [4.69, 9.17) is 0 Å². The molecule has 0 saturated heterocycles. The summed E-state index contributed by atoms with van der Waals surface area (Å²) >= 11 is 0. The van der Waals surface area contributed by atoms with Crippen LogP contribution in [0, 0.1) is 13.8 Å². The molecule has 5 heteroatoms. The third kappa shape index (κ3) is 4.41. The van der Waals surface area contributed by atoms with Crippen LogP contribution in [0.4, 0.5) is 11.6 Å². The molecule has 25 heavy (non-hydrogen) atoms. The smallest absolute Gasteiger partial charge is 0.274 e. The Hall–Kier alpha value is -3.21. The molecule has 0 aliphatic carbocycles. The van der Waals surface area contributed by atoms with E-state index in [-0.39, 0.29) is 5.91 Å². The van der Waals surface area contributed by atoms with Crippen LogP contribution in [0.25, 0.3) is 0 Å². The number of amides is 1. The van der Waals surface area contributed by atoms with Gasteiger partial charge in [-0.05, 0) is 42.7 Å². The molecule has 0 aliphatic heterocycles. The van der Waals surface area contributed by atoms with Gasteiger partial charge in [-0.15, -0.1) is 0 Å². The van der Waals surface area contributed by atoms with Crippen molar-refractivity contribution in [1.29, 1.82) is 0 Å². The Morgan fingerprint density at radius 3 is 2.64 bits per heavy atom. The number of hydrogen-bond donors (Lipinski definition) is 2. The zero-order chi connectivity index (χ0) is 17.6. The third-order valence-electron chi connectivity index (χ3n) is 3.82. The van der Waals surface area contributed by atoms with Crippen molar-refractivity contribution < 1.29 is 4.79 Å². The van der Waals surface area contributed by atoms with Crippen LogP contribution in [0.15, 0.2) is 60.8 Å². The molecule has 126 valence electrons. The SMILES string of the molecule is Cc1ccc(C)c(NC(=O)c2ccnc(NCc3ccccc3)n2)c1. The molecule has 0 saturated carbocycles. The van der Waals surface area contributed by atoms with Gasteiger partial charge in [0.25, 0.3) is 5.91 Å². The number of nitrogens with zero attached hydrogens (tertiary/aromatic N) is 2. The van der Waals surface area contributed by atoms with Crippen molar-refractivity contribution in [3.63, 3.8) is 0 Å². The van der Waals surface area contributed by atoms with Gasteiger partial charge in [-0.25, -0.2) is 9.97 Å². The maximum Gasteiger partial charge on any atom is 0.274 e. The monoisotopic (exact) mass is 332 g/mol. The van der Waals surface area contributed by atoms with Crippen LogP contribution in [0.2, 0.25) is 0 Å². The summed E-state index contributed by atoms with van der Waals surface area (Å²) in [5.41, 5.74) is 4.34. The van der Waals surface area contributed by atoms with Gasteiger partial charge in [0.1, 0.15) is 5.69 Å². The standard InChI is InChI=1S/C20H20N4O/c1-14-8-9-15(2)18(12-14)23-19(25)17-10-11-21-20(24-17)22-13-16-6-4-3-5-7-16/h3-12H,13H2,1-2H3,(H,23,25)(H,21,22,24). The lowest BCUT2D eigenvalue weighted by Crippen LogP contribution is -2.16. The van der Waals surface area contributed by atoms with E-state index < -0.39 is 0 Å². The average Bonchev–Trinajstić information content (AvgIpc) is 2.64. The topological polar surface area (TPSA) is 66.9 Å². The molecule has 1 aromatic heterocycles. The molecule has 0 spiro atoms. The molecule has 1 heterocycles. The normalized spacial score (nSPS) is 10.3. The van der Waals surface area contributed by atoms with Gasteiger partial charge in [-0.1, -0.05) is 42.5 Å². The van der Waals surface area contributed by atoms with E-state index in [0.717, 1.165) is 22.4 Å². The second-order valence-electron chi connectivity index (χ2n) is 5.88. The first-order valence-electron chi connectivity index (χ1n) is 8.11. The number of hydrogen-bond acceptors (Lipinski definition) is 4. The predicted octanol–water partition coefficient (Wildman–Crippen LogP) is 3.96. The van der Waals surface area contributed by atoms with Crippen LogP contribution >= 0.6 is 0 Å². The molecular formula is C20H20N4O. The second-order valence-corrected chi connectivity index (χ2v) is 5.88. The van der Waals surface area contributed by atoms with E-state index in [0.29, 0.717) is 18.2 Å². The van der Waals surface area contributed by atoms with Gasteiger partial charge in [-0.3, -0.25) is 4.79 Å². The lowest BCUT2D eigenvalue weighted by molar-refractivity contribution is 0.102. The van der Waals surface area contributed by atoms with E-state index in [2.05, 4.69) is 20.6 Å². The largest absolute Gasteiger partial charge is 0.350 e. The molecule has 0 unspecified atom stereocenters. The number of nitrogens with one attached hydrogen (secondary N) is 2. The van der Waals surface area contributed by atoms with Crippen molar-refractivity contribution in [3.05, 3.63) is 83.2 Å². The lowest BCUT2D eigenvalue weighted by Gasteiger charge is -2.10. The minimum atomic E-state index is -0.251. The highest BCUT2D eigenvalue weighted by Gasteiger charge is 2.10. The van der Waals surface area contributed by atoms with E-state index in [1.807, 2.05) is 62.4 Å². The summed E-state index contributed by atoms with van der Waals surface area (Å²) in [4.78, 5) is 20.9. The number of anilines is 2. The number of aryl methyl sites for hydroxylation is 2. The van der Waals surface area contributed by atoms with E-state index in [9.17, 15) is 4.79 Å². The summed E-state index contributed by atoms with van der Waals surface area (Å²) in [5.74, 6) is 0.177. The van der Waals surface area contributed by atoms with Crippen molar-refractivity contribution in [1.82, 2.24) is 9.97 Å². The van der Waals surface area contributed by atoms with Crippen molar-refractivity contribution in [2.75, 3.05) is 10.6 Å². The Morgan fingerprint density at radius 2 is 1.84 bits per heavy atom. The van der Waals surface area contributed by atoms with Crippen LogP contribution in [-0.2, 0) is 6.54 Å². The first-order chi connectivity index (χ1) is 12.1. The van der Waals surface area contributed by atoms with Gasteiger partial charge >= 0.3 is 0 Å². The quantitative estimate of drug-likeness (QED) is 0.742. The summed E-state index contributed by atoms with van der Waals surface area (Å²) in [6, 6.07) is 17.5. The Labute approximate surface area is 147 Å². The van der Waals surface area contributed by atoms with Crippen molar-refractivity contribution >= 4 is 17.5 Å². The fourth-order valence-corrected chi connectivity index (χ4v) is 2.40. The van der Waals surface area contributed by atoms with E-state index in [1.54, 1.807) is 12.3 Å². The Bertz CT molecular complexity index is 878. The highest BCUT2D eigenvalue weighted by Crippen LogP contribution is 2.17. The summed E-state index contributed by atoms with van der Waals surface area (Å²) in [7, 11) is 0. The molecule has 3 aromatic rings. The van der Waals surface area contributed by atoms with Crippen molar-refractivity contribution in [2.45, 2.75) is 20.4 Å². The summed E-state index contributed by atoms with van der Waals surface area (Å²) < 4.78 is 0. The molecule has 0 fully saturated rings. The molecule has 0 aliphatic rings. The van der Waals surface area contributed by atoms with Crippen LogP contribution in [0.3, 0.4) is 0 Å². The highest BCUT2D eigenvalue weighted by molar-refractivity contribution is 6.03. The van der Waals surface area contributed by atoms with E-state index in [1.165, 1.54) is 0 Å². The highest BCUT2D eigenvalue weighted by atomic mass is 16.1.